The molecular weight excluding hydrogens is 433 g/mol. The van der Waals surface area contributed by atoms with E-state index in [-0.39, 0.29) is 0 Å². The predicted octanol–water partition coefficient (Wildman–Crippen LogP) is 7.38. The number of hydrogen-bond donors (Lipinski definition) is 1. The van der Waals surface area contributed by atoms with Gasteiger partial charge in [-0.25, -0.2) is 9.78 Å². The molecule has 31 heavy (non-hydrogen) atoms. The predicted molar refractivity (Wildman–Crippen MR) is 124 cm³/mol. The van der Waals surface area contributed by atoms with Crippen LogP contribution in [-0.4, -0.2) is 16.1 Å². The van der Waals surface area contributed by atoms with E-state index in [0.29, 0.717) is 44.5 Å². The van der Waals surface area contributed by atoms with Crippen molar-refractivity contribution in [2.75, 3.05) is 0 Å². The molecule has 0 saturated heterocycles. The van der Waals surface area contributed by atoms with E-state index in [1.807, 2.05) is 54.6 Å². The van der Waals surface area contributed by atoms with Crippen LogP contribution < -0.4 is 0 Å². The van der Waals surface area contributed by atoms with Gasteiger partial charge in [0.05, 0.1) is 26.8 Å². The van der Waals surface area contributed by atoms with Gasteiger partial charge in [0.15, 0.2) is 0 Å². The van der Waals surface area contributed by atoms with Gasteiger partial charge >= 0.3 is 5.97 Å². The summed E-state index contributed by atoms with van der Waals surface area (Å²) in [6.07, 6.45) is 4.28. The molecule has 0 amide bonds. The minimum atomic E-state index is -0.924. The highest BCUT2D eigenvalue weighted by molar-refractivity contribution is 6.43. The van der Waals surface area contributed by atoms with Crippen LogP contribution in [0, 0.1) is 0 Å². The van der Waals surface area contributed by atoms with E-state index in [4.69, 9.17) is 32.6 Å². The van der Waals surface area contributed by atoms with Crippen molar-refractivity contribution in [1.82, 2.24) is 4.98 Å². The second-order valence-electron chi connectivity index (χ2n) is 7.46. The van der Waals surface area contributed by atoms with Crippen molar-refractivity contribution in [2.45, 2.75) is 19.3 Å². The lowest BCUT2D eigenvalue weighted by Crippen LogP contribution is -2.13. The fraction of sp³-hybridized carbons (Fsp3) is 0.120. The number of pyridine rings is 1. The quantitative estimate of drug-likeness (QED) is 0.354. The van der Waals surface area contributed by atoms with Crippen molar-refractivity contribution in [1.29, 1.82) is 0 Å². The van der Waals surface area contributed by atoms with Crippen LogP contribution in [0.3, 0.4) is 0 Å². The lowest BCUT2D eigenvalue weighted by Gasteiger charge is -2.21. The Morgan fingerprint density at radius 2 is 1.87 bits per heavy atom. The molecule has 0 bridgehead atoms. The highest BCUT2D eigenvalue weighted by atomic mass is 35.5. The maximum atomic E-state index is 12.1. The molecule has 0 atom stereocenters. The molecule has 5 rings (SSSR count). The molecule has 6 heteroatoms. The van der Waals surface area contributed by atoms with Crippen molar-refractivity contribution in [3.8, 4) is 11.3 Å². The molecule has 154 valence electrons. The van der Waals surface area contributed by atoms with Crippen LogP contribution in [0.25, 0.3) is 33.9 Å². The second-order valence-corrected chi connectivity index (χ2v) is 8.25. The number of aromatic nitrogens is 1. The third-order valence-electron chi connectivity index (χ3n) is 5.54. The third kappa shape index (κ3) is 3.52. The maximum Gasteiger partial charge on any atom is 0.336 e. The summed E-state index contributed by atoms with van der Waals surface area (Å²) in [4.78, 5) is 16.9. The zero-order chi connectivity index (χ0) is 21.5. The molecule has 1 N–H and O–H groups in total. The first kappa shape index (κ1) is 19.9. The third-order valence-corrected chi connectivity index (χ3v) is 6.36. The maximum absolute atomic E-state index is 12.1. The van der Waals surface area contributed by atoms with Gasteiger partial charge in [0.25, 0.3) is 0 Å². The number of nitrogens with zero attached hydrogens (tertiary/aromatic N) is 1. The largest absolute Gasteiger partial charge is 0.478 e. The van der Waals surface area contributed by atoms with Crippen molar-refractivity contribution in [3.05, 3.63) is 87.2 Å². The molecule has 0 unspecified atom stereocenters. The highest BCUT2D eigenvalue weighted by Gasteiger charge is 2.25. The molecule has 2 heterocycles. The summed E-state index contributed by atoms with van der Waals surface area (Å²) in [7, 11) is 0. The van der Waals surface area contributed by atoms with E-state index in [9.17, 15) is 9.90 Å². The standard InChI is InChI=1S/C25H17Cl2NO3/c26-19-9-4-7-17(23(19)27)21-12-11-15(31-21)13-14-5-3-8-18-22(25(29)30)16-6-1-2-10-20(16)28-24(14)18/h1-2,4,6-7,9-13H,3,5,8H2,(H,29,30). The topological polar surface area (TPSA) is 63.3 Å². The van der Waals surface area contributed by atoms with Gasteiger partial charge in [-0.15, -0.1) is 0 Å². The Morgan fingerprint density at radius 1 is 1.03 bits per heavy atom. The average Bonchev–Trinajstić information content (AvgIpc) is 3.22. The number of para-hydroxylation sites is 1. The van der Waals surface area contributed by atoms with E-state index >= 15 is 0 Å². The average molecular weight is 450 g/mol. The summed E-state index contributed by atoms with van der Waals surface area (Å²) >= 11 is 12.5. The number of benzene rings is 2. The monoisotopic (exact) mass is 449 g/mol. The van der Waals surface area contributed by atoms with Crippen molar-refractivity contribution >= 4 is 51.7 Å². The zero-order valence-corrected chi connectivity index (χ0v) is 17.9. The molecule has 0 fully saturated rings. The van der Waals surface area contributed by atoms with Gasteiger partial charge in [-0.2, -0.15) is 0 Å². The van der Waals surface area contributed by atoms with Crippen LogP contribution in [-0.2, 0) is 6.42 Å². The van der Waals surface area contributed by atoms with Gasteiger partial charge in [-0.05, 0) is 66.8 Å². The van der Waals surface area contributed by atoms with Crippen LogP contribution >= 0.6 is 23.2 Å². The number of carboxylic acids is 1. The fourth-order valence-electron chi connectivity index (χ4n) is 4.16. The zero-order valence-electron chi connectivity index (χ0n) is 16.4. The number of rotatable bonds is 3. The van der Waals surface area contributed by atoms with E-state index in [1.165, 1.54) is 0 Å². The lowest BCUT2D eigenvalue weighted by atomic mass is 9.86. The Hall–Kier alpha value is -3.08. The Kier molecular flexibility index (Phi) is 5.05. The number of aromatic carboxylic acids is 1. The SMILES string of the molecule is O=C(O)c1c2c(nc3ccccc13)C(=Cc1ccc(-c3cccc(Cl)c3Cl)o1)CCC2. The van der Waals surface area contributed by atoms with Gasteiger partial charge in [0.2, 0.25) is 0 Å². The molecule has 0 radical (unpaired) electrons. The normalized spacial score (nSPS) is 14.7. The van der Waals surface area contributed by atoms with E-state index < -0.39 is 5.97 Å². The van der Waals surface area contributed by atoms with Crippen molar-refractivity contribution in [3.63, 3.8) is 0 Å². The Labute approximate surface area is 188 Å². The number of fused-ring (bicyclic) bond motifs is 2. The van der Waals surface area contributed by atoms with Crippen molar-refractivity contribution < 1.29 is 14.3 Å². The number of halogens is 2. The molecule has 4 nitrogen and oxygen atoms in total. The molecular formula is C25H17Cl2NO3. The van der Waals surface area contributed by atoms with Crippen LogP contribution in [0.1, 0.15) is 40.2 Å². The number of allylic oxidation sites excluding steroid dienone is 1. The van der Waals surface area contributed by atoms with Crippen LogP contribution in [0.15, 0.2) is 59.0 Å². The molecule has 0 spiro atoms. The van der Waals surface area contributed by atoms with Crippen LogP contribution in [0.2, 0.25) is 10.0 Å². The molecule has 2 aromatic carbocycles. The van der Waals surface area contributed by atoms with Gasteiger partial charge in [0, 0.05) is 10.9 Å². The summed E-state index contributed by atoms with van der Waals surface area (Å²) in [6, 6.07) is 16.5. The molecule has 1 aliphatic rings. The number of furan rings is 1. The smallest absolute Gasteiger partial charge is 0.336 e. The second kappa shape index (κ2) is 7.88. The molecule has 1 aliphatic carbocycles. The van der Waals surface area contributed by atoms with Gasteiger partial charge in [-0.1, -0.05) is 47.5 Å². The van der Waals surface area contributed by atoms with Crippen molar-refractivity contribution in [2.24, 2.45) is 0 Å². The fourth-order valence-corrected chi connectivity index (χ4v) is 4.55. The Balaban J connectivity index is 1.62. The summed E-state index contributed by atoms with van der Waals surface area (Å²) in [5.74, 6) is 0.348. The molecule has 4 aromatic rings. The summed E-state index contributed by atoms with van der Waals surface area (Å²) < 4.78 is 6.02. The van der Waals surface area contributed by atoms with Gasteiger partial charge in [0.1, 0.15) is 11.5 Å². The Bertz CT molecular complexity index is 1370. The first-order valence-corrected chi connectivity index (χ1v) is 10.7. The first-order chi connectivity index (χ1) is 15.0. The summed E-state index contributed by atoms with van der Waals surface area (Å²) in [6.45, 7) is 0. The van der Waals surface area contributed by atoms with E-state index in [0.717, 1.165) is 35.2 Å². The molecule has 0 aliphatic heterocycles. The number of hydrogen-bond acceptors (Lipinski definition) is 3. The lowest BCUT2D eigenvalue weighted by molar-refractivity contribution is 0.0697. The minimum absolute atomic E-state index is 0.344. The summed E-state index contributed by atoms with van der Waals surface area (Å²) in [5, 5.41) is 11.5. The van der Waals surface area contributed by atoms with Gasteiger partial charge in [-0.3, -0.25) is 0 Å². The van der Waals surface area contributed by atoms with E-state index in [2.05, 4.69) is 0 Å². The van der Waals surface area contributed by atoms with Crippen LogP contribution in [0.4, 0.5) is 0 Å². The Morgan fingerprint density at radius 3 is 2.71 bits per heavy atom. The summed E-state index contributed by atoms with van der Waals surface area (Å²) in [5.41, 5.74) is 4.23. The van der Waals surface area contributed by atoms with E-state index in [1.54, 1.807) is 6.07 Å². The molecule has 2 aromatic heterocycles. The number of carboxylic acid groups (broad SMARTS) is 1. The first-order valence-electron chi connectivity index (χ1n) is 9.93. The van der Waals surface area contributed by atoms with Gasteiger partial charge < -0.3 is 9.52 Å². The molecule has 0 saturated carbocycles. The highest BCUT2D eigenvalue weighted by Crippen LogP contribution is 2.38. The minimum Gasteiger partial charge on any atom is -0.478 e. The number of carbonyl (C=O) groups is 1. The van der Waals surface area contributed by atoms with Crippen LogP contribution in [0.5, 0.6) is 0 Å².